The average Bonchev–Trinajstić information content (AvgIpc) is 2.61. The van der Waals surface area contributed by atoms with Gasteiger partial charge in [0.25, 0.3) is 5.91 Å². The molecule has 0 aliphatic heterocycles. The summed E-state index contributed by atoms with van der Waals surface area (Å²) in [7, 11) is 1.21. The lowest BCUT2D eigenvalue weighted by molar-refractivity contribution is 0.0785. The summed E-state index contributed by atoms with van der Waals surface area (Å²) in [5.74, 6) is -0.145. The van der Waals surface area contributed by atoms with Crippen molar-refractivity contribution < 1.29 is 13.2 Å². The fraction of sp³-hybridized carbons (Fsp3) is 0.316. The number of nitrogens with zero attached hydrogens (tertiary/aromatic N) is 2. The maximum atomic E-state index is 12.5. The van der Waals surface area contributed by atoms with E-state index < -0.39 is 10.0 Å². The van der Waals surface area contributed by atoms with Crippen LogP contribution in [0, 0.1) is 0 Å². The zero-order valence-electron chi connectivity index (χ0n) is 15.1. The number of carbonyl (C=O) groups is 1. The van der Waals surface area contributed by atoms with Crippen LogP contribution in [0.1, 0.15) is 28.4 Å². The van der Waals surface area contributed by atoms with Gasteiger partial charge >= 0.3 is 0 Å². The first kappa shape index (κ1) is 19.1. The van der Waals surface area contributed by atoms with Gasteiger partial charge in [-0.15, -0.1) is 0 Å². The van der Waals surface area contributed by atoms with E-state index in [1.807, 2.05) is 12.1 Å². The zero-order chi connectivity index (χ0) is 18.6. The summed E-state index contributed by atoms with van der Waals surface area (Å²) in [6.07, 6.45) is 0.983. The molecule has 25 heavy (non-hydrogen) atoms. The van der Waals surface area contributed by atoms with E-state index in [2.05, 4.69) is 19.1 Å². The van der Waals surface area contributed by atoms with Gasteiger partial charge in [-0.2, -0.15) is 0 Å². The van der Waals surface area contributed by atoms with Gasteiger partial charge in [0.05, 0.1) is 4.90 Å². The first-order chi connectivity index (χ1) is 11.8. The Bertz CT molecular complexity index is 826. The molecule has 0 N–H and O–H groups in total. The Hall–Kier alpha value is -2.18. The number of hydrogen-bond donors (Lipinski definition) is 0. The molecule has 0 heterocycles. The fourth-order valence-electron chi connectivity index (χ4n) is 2.43. The van der Waals surface area contributed by atoms with Gasteiger partial charge in [0.1, 0.15) is 0 Å². The number of carbonyl (C=O) groups excluding carboxylic acids is 1. The van der Waals surface area contributed by atoms with Crippen LogP contribution >= 0.6 is 0 Å². The summed E-state index contributed by atoms with van der Waals surface area (Å²) in [5.41, 5.74) is 2.78. The van der Waals surface area contributed by atoms with E-state index in [0.717, 1.165) is 16.3 Å². The quantitative estimate of drug-likeness (QED) is 0.796. The van der Waals surface area contributed by atoms with Crippen molar-refractivity contribution in [1.29, 1.82) is 0 Å². The van der Waals surface area contributed by atoms with Gasteiger partial charge in [-0.05, 0) is 41.8 Å². The second kappa shape index (κ2) is 7.80. The molecule has 0 saturated heterocycles. The van der Waals surface area contributed by atoms with Crippen LogP contribution < -0.4 is 0 Å². The molecule has 134 valence electrons. The minimum atomic E-state index is -3.49. The highest BCUT2D eigenvalue weighted by atomic mass is 32.2. The molecule has 0 bridgehead atoms. The summed E-state index contributed by atoms with van der Waals surface area (Å²) < 4.78 is 25.3. The highest BCUT2D eigenvalue weighted by Crippen LogP contribution is 2.16. The predicted octanol–water partition coefficient (Wildman–Crippen LogP) is 2.77. The van der Waals surface area contributed by atoms with E-state index in [1.54, 1.807) is 24.1 Å². The molecule has 0 saturated carbocycles. The lowest BCUT2D eigenvalue weighted by Gasteiger charge is -2.18. The number of hydrogen-bond acceptors (Lipinski definition) is 3. The Kier molecular flexibility index (Phi) is 5.98. The number of amides is 1. The van der Waals surface area contributed by atoms with Crippen molar-refractivity contribution in [2.24, 2.45) is 0 Å². The molecule has 0 aliphatic carbocycles. The Morgan fingerprint density at radius 1 is 0.880 bits per heavy atom. The molecule has 0 atom stereocenters. The molecule has 0 aromatic heterocycles. The lowest BCUT2D eigenvalue weighted by Crippen LogP contribution is -2.26. The third kappa shape index (κ3) is 4.46. The van der Waals surface area contributed by atoms with Gasteiger partial charge < -0.3 is 4.90 Å². The molecule has 6 heteroatoms. The van der Waals surface area contributed by atoms with Gasteiger partial charge in [-0.3, -0.25) is 4.79 Å². The standard InChI is InChI=1S/C19H24N2O3S/c1-5-15-6-8-16(9-7-15)14-21(4)19(22)17-10-12-18(13-11-17)25(23,24)20(2)3/h6-13H,5,14H2,1-4H3. The van der Waals surface area contributed by atoms with E-state index in [4.69, 9.17) is 0 Å². The van der Waals surface area contributed by atoms with Crippen molar-refractivity contribution >= 4 is 15.9 Å². The van der Waals surface area contributed by atoms with Crippen molar-refractivity contribution in [2.75, 3.05) is 21.1 Å². The maximum Gasteiger partial charge on any atom is 0.253 e. The summed E-state index contributed by atoms with van der Waals surface area (Å²) in [4.78, 5) is 14.3. The molecule has 2 aromatic rings. The Morgan fingerprint density at radius 3 is 1.88 bits per heavy atom. The summed E-state index contributed by atoms with van der Waals surface area (Å²) in [6, 6.07) is 14.2. The highest BCUT2D eigenvalue weighted by molar-refractivity contribution is 7.89. The molecule has 0 unspecified atom stereocenters. The van der Waals surface area contributed by atoms with Gasteiger partial charge in [-0.1, -0.05) is 31.2 Å². The minimum Gasteiger partial charge on any atom is -0.337 e. The molecule has 2 aromatic carbocycles. The van der Waals surface area contributed by atoms with Crippen molar-refractivity contribution in [3.8, 4) is 0 Å². The van der Waals surface area contributed by atoms with Crippen LogP contribution in [-0.2, 0) is 23.0 Å². The van der Waals surface area contributed by atoms with Crippen molar-refractivity contribution in [3.63, 3.8) is 0 Å². The van der Waals surface area contributed by atoms with E-state index in [0.29, 0.717) is 12.1 Å². The SMILES string of the molecule is CCc1ccc(CN(C)C(=O)c2ccc(S(=O)(=O)N(C)C)cc2)cc1. The molecular weight excluding hydrogens is 336 g/mol. The number of sulfonamides is 1. The van der Waals surface area contributed by atoms with Crippen LogP contribution in [0.4, 0.5) is 0 Å². The molecule has 0 spiro atoms. The molecular formula is C19H24N2O3S. The van der Waals surface area contributed by atoms with Crippen molar-refractivity contribution in [2.45, 2.75) is 24.8 Å². The Labute approximate surface area is 149 Å². The van der Waals surface area contributed by atoms with Crippen molar-refractivity contribution in [1.82, 2.24) is 9.21 Å². The molecule has 0 aliphatic rings. The first-order valence-electron chi connectivity index (χ1n) is 8.11. The predicted molar refractivity (Wildman–Crippen MR) is 98.9 cm³/mol. The summed E-state index contributed by atoms with van der Waals surface area (Å²) in [6.45, 7) is 2.60. The van der Waals surface area contributed by atoms with Gasteiger partial charge in [0, 0.05) is 33.3 Å². The fourth-order valence-corrected chi connectivity index (χ4v) is 3.33. The van der Waals surface area contributed by atoms with Crippen LogP contribution in [0.3, 0.4) is 0 Å². The average molecular weight is 360 g/mol. The molecule has 2 rings (SSSR count). The maximum absolute atomic E-state index is 12.5. The number of aryl methyl sites for hydroxylation is 1. The van der Waals surface area contributed by atoms with Crippen LogP contribution in [0.5, 0.6) is 0 Å². The normalized spacial score (nSPS) is 11.6. The third-order valence-corrected chi connectivity index (χ3v) is 5.91. The van der Waals surface area contributed by atoms with Crippen LogP contribution in [0.15, 0.2) is 53.4 Å². The number of benzene rings is 2. The molecule has 0 radical (unpaired) electrons. The van der Waals surface area contributed by atoms with Gasteiger partial charge in [-0.25, -0.2) is 12.7 Å². The van der Waals surface area contributed by atoms with E-state index in [9.17, 15) is 13.2 Å². The monoisotopic (exact) mass is 360 g/mol. The van der Waals surface area contributed by atoms with Gasteiger partial charge in [0.15, 0.2) is 0 Å². The number of rotatable bonds is 6. The summed E-state index contributed by atoms with van der Waals surface area (Å²) >= 11 is 0. The zero-order valence-corrected chi connectivity index (χ0v) is 15.9. The van der Waals surface area contributed by atoms with E-state index >= 15 is 0 Å². The second-order valence-electron chi connectivity index (χ2n) is 6.14. The summed E-state index contributed by atoms with van der Waals surface area (Å²) in [5, 5.41) is 0. The smallest absolute Gasteiger partial charge is 0.253 e. The van der Waals surface area contributed by atoms with Crippen molar-refractivity contribution in [3.05, 3.63) is 65.2 Å². The molecule has 0 fully saturated rings. The highest BCUT2D eigenvalue weighted by Gasteiger charge is 2.18. The Morgan fingerprint density at radius 2 is 1.40 bits per heavy atom. The topological polar surface area (TPSA) is 57.7 Å². The van der Waals surface area contributed by atoms with Crippen LogP contribution in [0.25, 0.3) is 0 Å². The molecule has 5 nitrogen and oxygen atoms in total. The van der Waals surface area contributed by atoms with E-state index in [1.165, 1.54) is 31.8 Å². The van der Waals surface area contributed by atoms with Crippen LogP contribution in [0.2, 0.25) is 0 Å². The Balaban J connectivity index is 2.11. The molecule has 1 amide bonds. The first-order valence-corrected chi connectivity index (χ1v) is 9.55. The largest absolute Gasteiger partial charge is 0.337 e. The second-order valence-corrected chi connectivity index (χ2v) is 8.29. The third-order valence-electron chi connectivity index (χ3n) is 4.08. The van der Waals surface area contributed by atoms with E-state index in [-0.39, 0.29) is 10.8 Å². The van der Waals surface area contributed by atoms with Crippen LogP contribution in [-0.4, -0.2) is 44.7 Å². The minimum absolute atomic E-state index is 0.145. The van der Waals surface area contributed by atoms with Gasteiger partial charge in [0.2, 0.25) is 10.0 Å². The lowest BCUT2D eigenvalue weighted by atomic mass is 10.1.